The highest BCUT2D eigenvalue weighted by molar-refractivity contribution is 5.86. The molecule has 7 heteroatoms. The minimum Gasteiger partial charge on any atom is -0.491 e. The topological polar surface area (TPSA) is 98.9 Å². The first-order valence-electron chi connectivity index (χ1n) is 5.35. The Bertz CT molecular complexity index is 497. The summed E-state index contributed by atoms with van der Waals surface area (Å²) >= 11 is 0. The summed E-state index contributed by atoms with van der Waals surface area (Å²) in [5.74, 6) is -0.842. The Morgan fingerprint density at radius 1 is 1.47 bits per heavy atom. The predicted molar refractivity (Wildman–Crippen MR) is 67.1 cm³/mol. The van der Waals surface area contributed by atoms with Gasteiger partial charge < -0.3 is 14.6 Å². The van der Waals surface area contributed by atoms with Crippen LogP contribution in [0, 0.1) is 10.1 Å². The lowest BCUT2D eigenvalue weighted by Gasteiger charge is -2.06. The number of methoxy groups -OCH3 is 1. The number of carboxylic acid groups (broad SMARTS) is 1. The summed E-state index contributed by atoms with van der Waals surface area (Å²) in [6.45, 7) is 0.645. The molecule has 1 rings (SSSR count). The molecule has 0 atom stereocenters. The highest BCUT2D eigenvalue weighted by atomic mass is 16.6. The lowest BCUT2D eigenvalue weighted by Crippen LogP contribution is -2.04. The van der Waals surface area contributed by atoms with Crippen LogP contribution >= 0.6 is 0 Å². The molecule has 0 fully saturated rings. The minimum absolute atomic E-state index is 0.200. The average molecular weight is 267 g/mol. The van der Waals surface area contributed by atoms with Crippen molar-refractivity contribution in [2.24, 2.45) is 0 Å². The molecule has 0 unspecified atom stereocenters. The zero-order valence-electron chi connectivity index (χ0n) is 10.2. The third-order valence-electron chi connectivity index (χ3n) is 2.16. The lowest BCUT2D eigenvalue weighted by molar-refractivity contribution is -0.385. The standard InChI is InChI=1S/C12H13NO6/c1-18-6-7-19-10-4-2-9(3-5-12(14)15)11(8-10)13(16)17/h2-5,8H,6-7H2,1H3,(H,14,15)/b5-3+. The maximum Gasteiger partial charge on any atom is 0.328 e. The average Bonchev–Trinajstić information content (AvgIpc) is 2.37. The smallest absolute Gasteiger partial charge is 0.328 e. The van der Waals surface area contributed by atoms with Crippen molar-refractivity contribution in [2.75, 3.05) is 20.3 Å². The summed E-state index contributed by atoms with van der Waals surface area (Å²) < 4.78 is 10.0. The molecule has 0 bridgehead atoms. The van der Waals surface area contributed by atoms with Crippen LogP contribution in [-0.4, -0.2) is 36.3 Å². The van der Waals surface area contributed by atoms with E-state index in [4.69, 9.17) is 14.6 Å². The second kappa shape index (κ2) is 7.12. The van der Waals surface area contributed by atoms with Crippen LogP contribution in [0.3, 0.4) is 0 Å². The van der Waals surface area contributed by atoms with E-state index in [0.717, 1.165) is 6.08 Å². The van der Waals surface area contributed by atoms with Crippen LogP contribution in [0.15, 0.2) is 24.3 Å². The zero-order chi connectivity index (χ0) is 14.3. The van der Waals surface area contributed by atoms with Crippen LogP contribution < -0.4 is 4.74 Å². The molecule has 0 aliphatic rings. The molecule has 0 spiro atoms. The molecule has 0 aliphatic heterocycles. The normalized spacial score (nSPS) is 10.6. The summed E-state index contributed by atoms with van der Waals surface area (Å²) in [6.07, 6.45) is 2.01. The van der Waals surface area contributed by atoms with Gasteiger partial charge in [0, 0.05) is 13.2 Å². The summed E-state index contributed by atoms with van der Waals surface area (Å²) in [5, 5.41) is 19.4. The van der Waals surface area contributed by atoms with E-state index in [1.54, 1.807) is 0 Å². The first kappa shape index (κ1) is 14.7. The van der Waals surface area contributed by atoms with E-state index >= 15 is 0 Å². The molecule has 19 heavy (non-hydrogen) atoms. The van der Waals surface area contributed by atoms with Gasteiger partial charge in [-0.2, -0.15) is 0 Å². The number of aliphatic carboxylic acids is 1. The Balaban J connectivity index is 2.94. The predicted octanol–water partition coefficient (Wildman–Crippen LogP) is 1.72. The Labute approximate surface area is 109 Å². The molecular weight excluding hydrogens is 254 g/mol. The monoisotopic (exact) mass is 267 g/mol. The van der Waals surface area contributed by atoms with E-state index in [1.807, 2.05) is 0 Å². The molecule has 1 N–H and O–H groups in total. The van der Waals surface area contributed by atoms with Gasteiger partial charge in [-0.15, -0.1) is 0 Å². The quantitative estimate of drug-likeness (QED) is 0.349. The third-order valence-corrected chi connectivity index (χ3v) is 2.16. The van der Waals surface area contributed by atoms with Crippen molar-refractivity contribution in [1.29, 1.82) is 0 Å². The Morgan fingerprint density at radius 2 is 2.21 bits per heavy atom. The summed E-state index contributed by atoms with van der Waals surface area (Å²) in [4.78, 5) is 20.7. The number of nitro benzene ring substituents is 1. The maximum absolute atomic E-state index is 10.9. The first-order chi connectivity index (χ1) is 9.04. The van der Waals surface area contributed by atoms with Crippen LogP contribution in [0.4, 0.5) is 5.69 Å². The number of nitrogens with zero attached hydrogens (tertiary/aromatic N) is 1. The van der Waals surface area contributed by atoms with E-state index in [2.05, 4.69) is 0 Å². The van der Waals surface area contributed by atoms with Crippen LogP contribution in [0.2, 0.25) is 0 Å². The number of nitro groups is 1. The molecule has 1 aromatic carbocycles. The molecule has 1 aromatic rings. The van der Waals surface area contributed by atoms with Gasteiger partial charge >= 0.3 is 5.97 Å². The fraction of sp³-hybridized carbons (Fsp3) is 0.250. The fourth-order valence-electron chi connectivity index (χ4n) is 1.32. The van der Waals surface area contributed by atoms with Gasteiger partial charge in [0.1, 0.15) is 12.4 Å². The largest absolute Gasteiger partial charge is 0.491 e. The highest BCUT2D eigenvalue weighted by Gasteiger charge is 2.13. The minimum atomic E-state index is -1.17. The van der Waals surface area contributed by atoms with E-state index in [1.165, 1.54) is 31.4 Å². The number of carbonyl (C=O) groups is 1. The third kappa shape index (κ3) is 4.76. The van der Waals surface area contributed by atoms with Gasteiger partial charge in [0.15, 0.2) is 0 Å². The van der Waals surface area contributed by atoms with Gasteiger partial charge in [-0.05, 0) is 18.2 Å². The van der Waals surface area contributed by atoms with Crippen molar-refractivity contribution in [1.82, 2.24) is 0 Å². The van der Waals surface area contributed by atoms with Gasteiger partial charge in [0.05, 0.1) is 23.2 Å². The molecule has 0 heterocycles. The molecule has 0 radical (unpaired) electrons. The number of rotatable bonds is 7. The first-order valence-corrected chi connectivity index (χ1v) is 5.35. The second-order valence-corrected chi connectivity index (χ2v) is 3.49. The molecule has 0 saturated carbocycles. The highest BCUT2D eigenvalue weighted by Crippen LogP contribution is 2.25. The van der Waals surface area contributed by atoms with Crippen molar-refractivity contribution in [2.45, 2.75) is 0 Å². The van der Waals surface area contributed by atoms with Gasteiger partial charge in [0.25, 0.3) is 5.69 Å². The van der Waals surface area contributed by atoms with Crippen molar-refractivity contribution in [3.05, 3.63) is 40.0 Å². The van der Waals surface area contributed by atoms with Crippen LogP contribution in [0.25, 0.3) is 6.08 Å². The summed E-state index contributed by atoms with van der Waals surface area (Å²) in [6, 6.07) is 4.21. The molecule has 0 aromatic heterocycles. The van der Waals surface area contributed by atoms with Crippen molar-refractivity contribution < 1.29 is 24.3 Å². The number of ether oxygens (including phenoxy) is 2. The van der Waals surface area contributed by atoms with Gasteiger partial charge in [-0.25, -0.2) is 4.79 Å². The van der Waals surface area contributed by atoms with Crippen molar-refractivity contribution in [3.63, 3.8) is 0 Å². The Hall–Kier alpha value is -2.41. The summed E-state index contributed by atoms with van der Waals surface area (Å²) in [7, 11) is 1.52. The van der Waals surface area contributed by atoms with E-state index in [9.17, 15) is 14.9 Å². The molecule has 102 valence electrons. The molecule has 0 saturated heterocycles. The SMILES string of the molecule is COCCOc1ccc(/C=C/C(=O)O)c([N+](=O)[O-])c1. The van der Waals surface area contributed by atoms with Gasteiger partial charge in [-0.3, -0.25) is 10.1 Å². The number of benzene rings is 1. The van der Waals surface area contributed by atoms with E-state index < -0.39 is 10.9 Å². The zero-order valence-corrected chi connectivity index (χ0v) is 10.2. The van der Waals surface area contributed by atoms with E-state index in [-0.39, 0.29) is 17.9 Å². The van der Waals surface area contributed by atoms with E-state index in [0.29, 0.717) is 12.4 Å². The summed E-state index contributed by atoms with van der Waals surface area (Å²) in [5.41, 5.74) is -0.0149. The van der Waals surface area contributed by atoms with Gasteiger partial charge in [-0.1, -0.05) is 0 Å². The van der Waals surface area contributed by atoms with Crippen LogP contribution in [0.1, 0.15) is 5.56 Å². The van der Waals surface area contributed by atoms with Gasteiger partial charge in [0.2, 0.25) is 0 Å². The molecule has 0 aliphatic carbocycles. The molecule has 7 nitrogen and oxygen atoms in total. The maximum atomic E-state index is 10.9. The van der Waals surface area contributed by atoms with Crippen LogP contribution in [0.5, 0.6) is 5.75 Å². The molecular formula is C12H13NO6. The van der Waals surface area contributed by atoms with Crippen LogP contribution in [-0.2, 0) is 9.53 Å². The Morgan fingerprint density at radius 3 is 2.79 bits per heavy atom. The molecule has 0 amide bonds. The number of hydrogen-bond acceptors (Lipinski definition) is 5. The van der Waals surface area contributed by atoms with Crippen molar-refractivity contribution in [3.8, 4) is 5.75 Å². The lowest BCUT2D eigenvalue weighted by atomic mass is 10.1. The second-order valence-electron chi connectivity index (χ2n) is 3.49. The Kier molecular flexibility index (Phi) is 5.49. The fourth-order valence-corrected chi connectivity index (χ4v) is 1.32. The number of carboxylic acids is 1. The van der Waals surface area contributed by atoms with Crippen molar-refractivity contribution >= 4 is 17.7 Å². The number of hydrogen-bond donors (Lipinski definition) is 1.